The van der Waals surface area contributed by atoms with Gasteiger partial charge in [-0.05, 0) is 23.8 Å². The average Bonchev–Trinajstić information content (AvgIpc) is 2.68. The number of hydrogen-bond donors (Lipinski definition) is 2. The monoisotopic (exact) mass is 536 g/mol. The van der Waals surface area contributed by atoms with E-state index in [1.807, 2.05) is 12.1 Å². The Bertz CT molecular complexity index is 856. The highest BCUT2D eigenvalue weighted by Gasteiger charge is 2.31. The molecule has 0 aliphatic carbocycles. The first-order valence-electron chi connectivity index (χ1n) is 8.78. The van der Waals surface area contributed by atoms with E-state index in [2.05, 4.69) is 20.4 Å². The van der Waals surface area contributed by atoms with Crippen LogP contribution in [0.3, 0.4) is 0 Å². The van der Waals surface area contributed by atoms with E-state index < -0.39 is 6.36 Å². The van der Waals surface area contributed by atoms with Crippen LogP contribution in [0.4, 0.5) is 13.2 Å². The minimum Gasteiger partial charge on any atom is -0.405 e. The number of carbonyl (C=O) groups is 1. The maximum Gasteiger partial charge on any atom is 0.573 e. The van der Waals surface area contributed by atoms with Crippen molar-refractivity contribution < 1.29 is 22.7 Å². The highest BCUT2D eigenvalue weighted by molar-refractivity contribution is 14.0. The number of alkyl halides is 3. The van der Waals surface area contributed by atoms with E-state index in [1.54, 1.807) is 45.4 Å². The topological polar surface area (TPSA) is 66.0 Å². The number of nitrogens with one attached hydrogen (secondary N) is 2. The summed E-state index contributed by atoms with van der Waals surface area (Å²) in [4.78, 5) is 17.5. The molecule has 164 valence electrons. The lowest BCUT2D eigenvalue weighted by atomic mass is 10.1. The van der Waals surface area contributed by atoms with Crippen LogP contribution in [0, 0.1) is 0 Å². The highest BCUT2D eigenvalue weighted by atomic mass is 127. The molecule has 2 aromatic carbocycles. The third kappa shape index (κ3) is 8.09. The molecule has 1 amide bonds. The second kappa shape index (κ2) is 11.6. The van der Waals surface area contributed by atoms with E-state index >= 15 is 0 Å². The number of ether oxygens (including phenoxy) is 1. The molecule has 0 radical (unpaired) electrons. The molecule has 0 aliphatic heterocycles. The van der Waals surface area contributed by atoms with Gasteiger partial charge in [0.1, 0.15) is 5.75 Å². The van der Waals surface area contributed by atoms with Gasteiger partial charge in [0.2, 0.25) is 0 Å². The smallest absolute Gasteiger partial charge is 0.405 e. The van der Waals surface area contributed by atoms with Crippen LogP contribution in [-0.2, 0) is 13.1 Å². The summed E-state index contributed by atoms with van der Waals surface area (Å²) in [5.41, 5.74) is 1.85. The molecule has 0 spiro atoms. The lowest BCUT2D eigenvalue weighted by molar-refractivity contribution is -0.274. The van der Waals surface area contributed by atoms with Crippen LogP contribution >= 0.6 is 24.0 Å². The first-order chi connectivity index (χ1) is 13.7. The molecule has 0 atom stereocenters. The lowest BCUT2D eigenvalue weighted by Gasteiger charge is -2.16. The van der Waals surface area contributed by atoms with Crippen LogP contribution in [0.2, 0.25) is 0 Å². The zero-order valence-corrected chi connectivity index (χ0v) is 19.1. The standard InChI is InChI=1S/C20H23F3N4O2.HI/c1-24-19(25-12-14-8-10-15(11-9-14)18(28)27(2)3)26-13-16-6-4-5-7-17(16)29-20(21,22)23;/h4-11H,12-13H2,1-3H3,(H2,24,25,26);1H. The minimum atomic E-state index is -4.75. The maximum absolute atomic E-state index is 12.5. The Morgan fingerprint density at radius 2 is 1.63 bits per heavy atom. The van der Waals surface area contributed by atoms with Crippen molar-refractivity contribution in [3.63, 3.8) is 0 Å². The van der Waals surface area contributed by atoms with Crippen LogP contribution in [0.5, 0.6) is 5.75 Å². The first kappa shape index (κ1) is 25.5. The van der Waals surface area contributed by atoms with Crippen LogP contribution in [0.1, 0.15) is 21.5 Å². The van der Waals surface area contributed by atoms with Crippen molar-refractivity contribution >= 4 is 35.8 Å². The van der Waals surface area contributed by atoms with Gasteiger partial charge in [-0.1, -0.05) is 30.3 Å². The molecule has 0 aromatic heterocycles. The van der Waals surface area contributed by atoms with Crippen molar-refractivity contribution in [1.82, 2.24) is 15.5 Å². The van der Waals surface area contributed by atoms with Gasteiger partial charge in [0.05, 0.1) is 0 Å². The van der Waals surface area contributed by atoms with Crippen molar-refractivity contribution in [3.8, 4) is 5.75 Å². The van der Waals surface area contributed by atoms with Crippen molar-refractivity contribution in [1.29, 1.82) is 0 Å². The predicted molar refractivity (Wildman–Crippen MR) is 120 cm³/mol. The number of amides is 1. The number of guanidine groups is 1. The summed E-state index contributed by atoms with van der Waals surface area (Å²) in [6.45, 7) is 0.527. The summed E-state index contributed by atoms with van der Waals surface area (Å²) in [6, 6.07) is 13.0. The van der Waals surface area contributed by atoms with Gasteiger partial charge in [0, 0.05) is 45.4 Å². The summed E-state index contributed by atoms with van der Waals surface area (Å²) in [5.74, 6) is 0.0751. The van der Waals surface area contributed by atoms with Gasteiger partial charge in [-0.3, -0.25) is 9.79 Å². The summed E-state index contributed by atoms with van der Waals surface area (Å²) < 4.78 is 41.6. The SMILES string of the molecule is CN=C(NCc1ccc(C(=O)N(C)C)cc1)NCc1ccccc1OC(F)(F)F.I. The fourth-order valence-electron chi connectivity index (χ4n) is 2.48. The fourth-order valence-corrected chi connectivity index (χ4v) is 2.48. The number of rotatable bonds is 6. The molecule has 2 rings (SSSR count). The third-order valence-corrected chi connectivity index (χ3v) is 3.94. The molecule has 6 nitrogen and oxygen atoms in total. The number of halogens is 4. The number of para-hydroxylation sites is 1. The molecule has 0 bridgehead atoms. The lowest BCUT2D eigenvalue weighted by Crippen LogP contribution is -2.36. The van der Waals surface area contributed by atoms with E-state index in [0.717, 1.165) is 5.56 Å². The number of hydrogen-bond acceptors (Lipinski definition) is 3. The third-order valence-electron chi connectivity index (χ3n) is 3.94. The first-order valence-corrected chi connectivity index (χ1v) is 8.78. The number of aliphatic imine (C=N–C) groups is 1. The molecule has 30 heavy (non-hydrogen) atoms. The largest absolute Gasteiger partial charge is 0.573 e. The number of carbonyl (C=O) groups excluding carboxylic acids is 1. The second-order valence-electron chi connectivity index (χ2n) is 6.33. The number of nitrogens with zero attached hydrogens (tertiary/aromatic N) is 2. The molecular weight excluding hydrogens is 512 g/mol. The van der Waals surface area contributed by atoms with E-state index in [4.69, 9.17) is 0 Å². The molecular formula is C20H24F3IN4O2. The Morgan fingerprint density at radius 3 is 2.20 bits per heavy atom. The second-order valence-corrected chi connectivity index (χ2v) is 6.33. The van der Waals surface area contributed by atoms with Crippen LogP contribution in [0.25, 0.3) is 0 Å². The predicted octanol–water partition coefficient (Wildman–Crippen LogP) is 3.77. The normalized spacial score (nSPS) is 11.3. The highest BCUT2D eigenvalue weighted by Crippen LogP contribution is 2.26. The van der Waals surface area contributed by atoms with Crippen molar-refractivity contribution in [2.75, 3.05) is 21.1 Å². The summed E-state index contributed by atoms with van der Waals surface area (Å²) >= 11 is 0. The van der Waals surface area contributed by atoms with Gasteiger partial charge in [-0.2, -0.15) is 0 Å². The molecule has 0 aliphatic rings. The van der Waals surface area contributed by atoms with E-state index in [-0.39, 0.29) is 42.2 Å². The van der Waals surface area contributed by atoms with Crippen LogP contribution in [0.15, 0.2) is 53.5 Å². The van der Waals surface area contributed by atoms with E-state index in [9.17, 15) is 18.0 Å². The van der Waals surface area contributed by atoms with E-state index in [0.29, 0.717) is 23.6 Å². The molecule has 0 unspecified atom stereocenters. The Morgan fingerprint density at radius 1 is 1.03 bits per heavy atom. The van der Waals surface area contributed by atoms with Gasteiger partial charge in [0.25, 0.3) is 5.91 Å². The molecule has 10 heteroatoms. The quantitative estimate of drug-likeness (QED) is 0.335. The molecule has 2 aromatic rings. The summed E-state index contributed by atoms with van der Waals surface area (Å²) in [6.07, 6.45) is -4.75. The van der Waals surface area contributed by atoms with Gasteiger partial charge in [-0.25, -0.2) is 0 Å². The van der Waals surface area contributed by atoms with Crippen molar-refractivity contribution in [2.24, 2.45) is 4.99 Å². The maximum atomic E-state index is 12.5. The van der Waals surface area contributed by atoms with Gasteiger partial charge >= 0.3 is 6.36 Å². The van der Waals surface area contributed by atoms with Crippen LogP contribution in [-0.4, -0.2) is 44.3 Å². The number of benzene rings is 2. The fraction of sp³-hybridized carbons (Fsp3) is 0.300. The van der Waals surface area contributed by atoms with Crippen molar-refractivity contribution in [3.05, 3.63) is 65.2 Å². The van der Waals surface area contributed by atoms with E-state index in [1.165, 1.54) is 17.0 Å². The van der Waals surface area contributed by atoms with Crippen LogP contribution < -0.4 is 15.4 Å². The van der Waals surface area contributed by atoms with Crippen molar-refractivity contribution in [2.45, 2.75) is 19.5 Å². The van der Waals surface area contributed by atoms with Gasteiger partial charge in [0.15, 0.2) is 5.96 Å². The molecule has 0 heterocycles. The average molecular weight is 536 g/mol. The Labute approximate surface area is 190 Å². The zero-order valence-electron chi connectivity index (χ0n) is 16.8. The Kier molecular flexibility index (Phi) is 9.90. The Balaban J connectivity index is 0.00000450. The summed E-state index contributed by atoms with van der Waals surface area (Å²) in [7, 11) is 4.93. The van der Waals surface area contributed by atoms with Gasteiger partial charge < -0.3 is 20.3 Å². The minimum absolute atomic E-state index is 0. The van der Waals surface area contributed by atoms with Gasteiger partial charge in [-0.15, -0.1) is 37.1 Å². The molecule has 0 saturated heterocycles. The molecule has 0 saturated carbocycles. The molecule has 0 fully saturated rings. The molecule has 2 N–H and O–H groups in total. The Hall–Kier alpha value is -2.50. The summed E-state index contributed by atoms with van der Waals surface area (Å²) in [5, 5.41) is 6.03. The zero-order chi connectivity index (χ0) is 21.4.